The van der Waals surface area contributed by atoms with E-state index >= 15 is 0 Å². The third-order valence-corrected chi connectivity index (χ3v) is 4.56. The molecule has 0 unspecified atom stereocenters. The van der Waals surface area contributed by atoms with Gasteiger partial charge in [-0.3, -0.25) is 14.5 Å². The van der Waals surface area contributed by atoms with Crippen molar-refractivity contribution in [3.05, 3.63) is 24.2 Å². The summed E-state index contributed by atoms with van der Waals surface area (Å²) in [5.74, 6) is 0.845. The second-order valence-corrected chi connectivity index (χ2v) is 6.06. The first kappa shape index (κ1) is 15.1. The maximum atomic E-state index is 12.3. The Balaban J connectivity index is 1.57. The third-order valence-electron chi connectivity index (χ3n) is 4.56. The van der Waals surface area contributed by atoms with Gasteiger partial charge in [-0.2, -0.15) is 0 Å². The fourth-order valence-corrected chi connectivity index (χ4v) is 3.24. The molecule has 1 aromatic heterocycles. The molecule has 0 bridgehead atoms. The summed E-state index contributed by atoms with van der Waals surface area (Å²) in [4.78, 5) is 25.8. The molecule has 0 spiro atoms. The van der Waals surface area contributed by atoms with Gasteiger partial charge in [0.2, 0.25) is 11.8 Å². The summed E-state index contributed by atoms with van der Waals surface area (Å²) in [5.41, 5.74) is 0. The highest BCUT2D eigenvalue weighted by molar-refractivity contribution is 5.83. The van der Waals surface area contributed by atoms with Crippen LogP contribution in [0, 0.1) is 5.92 Å². The molecule has 2 amide bonds. The number of amides is 2. The van der Waals surface area contributed by atoms with Crippen LogP contribution in [0.25, 0.3) is 0 Å². The molecule has 0 aromatic carbocycles. The Morgan fingerprint density at radius 1 is 1.45 bits per heavy atom. The molecule has 2 aliphatic rings. The summed E-state index contributed by atoms with van der Waals surface area (Å²) >= 11 is 0. The predicted molar refractivity (Wildman–Crippen MR) is 81.0 cm³/mol. The molecule has 2 N–H and O–H groups in total. The number of nitrogens with zero attached hydrogens (tertiary/aromatic N) is 1. The molecule has 0 saturated carbocycles. The Morgan fingerprint density at radius 2 is 2.27 bits per heavy atom. The first-order valence-electron chi connectivity index (χ1n) is 8.06. The van der Waals surface area contributed by atoms with Crippen LogP contribution in [0.3, 0.4) is 0 Å². The summed E-state index contributed by atoms with van der Waals surface area (Å²) in [5, 5.41) is 5.80. The van der Waals surface area contributed by atoms with Gasteiger partial charge in [0.25, 0.3) is 0 Å². The SMILES string of the molecule is O=C1CC[C@@H](C(=O)NC[C@H](c2ccco2)N2CCCC2)CN1. The number of likely N-dealkylation sites (tertiary alicyclic amines) is 1. The topological polar surface area (TPSA) is 74.6 Å². The van der Waals surface area contributed by atoms with E-state index in [1.54, 1.807) is 6.26 Å². The van der Waals surface area contributed by atoms with Gasteiger partial charge in [-0.15, -0.1) is 0 Å². The summed E-state index contributed by atoms with van der Waals surface area (Å²) in [6.07, 6.45) is 5.13. The predicted octanol–water partition coefficient (Wildman–Crippen LogP) is 1.06. The van der Waals surface area contributed by atoms with E-state index in [0.29, 0.717) is 25.9 Å². The second kappa shape index (κ2) is 6.96. The summed E-state index contributed by atoms with van der Waals surface area (Å²) in [6, 6.07) is 3.95. The van der Waals surface area contributed by atoms with Gasteiger partial charge in [0.15, 0.2) is 0 Å². The molecule has 2 fully saturated rings. The summed E-state index contributed by atoms with van der Waals surface area (Å²) in [7, 11) is 0. The number of furan rings is 1. The van der Waals surface area contributed by atoms with Crippen molar-refractivity contribution in [3.63, 3.8) is 0 Å². The van der Waals surface area contributed by atoms with Crippen molar-refractivity contribution in [2.45, 2.75) is 31.7 Å². The van der Waals surface area contributed by atoms with Crippen molar-refractivity contribution < 1.29 is 14.0 Å². The summed E-state index contributed by atoms with van der Waals surface area (Å²) < 4.78 is 5.55. The number of rotatable bonds is 5. The maximum Gasteiger partial charge on any atom is 0.224 e. The number of hydrogen-bond donors (Lipinski definition) is 2. The van der Waals surface area contributed by atoms with Crippen LogP contribution in [-0.4, -0.2) is 42.9 Å². The highest BCUT2D eigenvalue weighted by Gasteiger charge is 2.28. The average Bonchev–Trinajstić information content (AvgIpc) is 3.22. The van der Waals surface area contributed by atoms with Gasteiger partial charge in [0, 0.05) is 19.5 Å². The molecule has 120 valence electrons. The average molecular weight is 305 g/mol. The van der Waals surface area contributed by atoms with Crippen LogP contribution in [0.15, 0.2) is 22.8 Å². The molecule has 3 rings (SSSR count). The van der Waals surface area contributed by atoms with Crippen molar-refractivity contribution in [3.8, 4) is 0 Å². The van der Waals surface area contributed by atoms with Gasteiger partial charge < -0.3 is 15.1 Å². The Kier molecular flexibility index (Phi) is 4.77. The lowest BCUT2D eigenvalue weighted by Crippen LogP contribution is -2.45. The molecule has 6 nitrogen and oxygen atoms in total. The van der Waals surface area contributed by atoms with Crippen LogP contribution >= 0.6 is 0 Å². The lowest BCUT2D eigenvalue weighted by Gasteiger charge is -2.27. The zero-order valence-corrected chi connectivity index (χ0v) is 12.7. The van der Waals surface area contributed by atoms with Crippen LogP contribution in [0.4, 0.5) is 0 Å². The van der Waals surface area contributed by atoms with Crippen LogP contribution in [0.1, 0.15) is 37.5 Å². The number of carbonyl (C=O) groups is 2. The highest BCUT2D eigenvalue weighted by atomic mass is 16.3. The van der Waals surface area contributed by atoms with Gasteiger partial charge in [-0.25, -0.2) is 0 Å². The van der Waals surface area contributed by atoms with Gasteiger partial charge in [0.1, 0.15) is 5.76 Å². The lowest BCUT2D eigenvalue weighted by molar-refractivity contribution is -0.129. The monoisotopic (exact) mass is 305 g/mol. The molecule has 2 saturated heterocycles. The van der Waals surface area contributed by atoms with E-state index in [2.05, 4.69) is 15.5 Å². The molecule has 22 heavy (non-hydrogen) atoms. The Labute approximate surface area is 130 Å². The van der Waals surface area contributed by atoms with E-state index in [9.17, 15) is 9.59 Å². The van der Waals surface area contributed by atoms with E-state index in [0.717, 1.165) is 18.8 Å². The van der Waals surface area contributed by atoms with Crippen LogP contribution in [0.5, 0.6) is 0 Å². The van der Waals surface area contributed by atoms with Gasteiger partial charge in [-0.1, -0.05) is 0 Å². The standard InChI is InChI=1S/C16H23N3O3/c20-15-6-5-12(10-17-15)16(21)18-11-13(14-4-3-9-22-14)19-7-1-2-8-19/h3-4,9,12-13H,1-2,5-8,10-11H2,(H,17,20)(H,18,21)/t12-,13-/m1/s1. The van der Waals surface area contributed by atoms with Crippen LogP contribution < -0.4 is 10.6 Å². The van der Waals surface area contributed by atoms with Gasteiger partial charge in [-0.05, 0) is 44.5 Å². The van der Waals surface area contributed by atoms with Gasteiger partial charge >= 0.3 is 0 Å². The fraction of sp³-hybridized carbons (Fsp3) is 0.625. The first-order valence-corrected chi connectivity index (χ1v) is 8.06. The van der Waals surface area contributed by atoms with E-state index in [1.807, 2.05) is 12.1 Å². The van der Waals surface area contributed by atoms with Crippen molar-refractivity contribution in [1.29, 1.82) is 0 Å². The van der Waals surface area contributed by atoms with Crippen molar-refractivity contribution in [2.75, 3.05) is 26.2 Å². The number of nitrogens with one attached hydrogen (secondary N) is 2. The quantitative estimate of drug-likeness (QED) is 0.853. The second-order valence-electron chi connectivity index (χ2n) is 6.06. The van der Waals surface area contributed by atoms with Crippen molar-refractivity contribution in [2.24, 2.45) is 5.92 Å². The van der Waals surface area contributed by atoms with E-state index in [-0.39, 0.29) is 23.8 Å². The molecule has 6 heteroatoms. The minimum atomic E-state index is -0.117. The minimum Gasteiger partial charge on any atom is -0.468 e. The van der Waals surface area contributed by atoms with Crippen LogP contribution in [0.2, 0.25) is 0 Å². The molecule has 2 aliphatic heterocycles. The number of piperidine rings is 1. The highest BCUT2D eigenvalue weighted by Crippen LogP contribution is 2.25. The zero-order valence-electron chi connectivity index (χ0n) is 12.7. The number of hydrogen-bond acceptors (Lipinski definition) is 4. The lowest BCUT2D eigenvalue weighted by atomic mass is 9.98. The largest absolute Gasteiger partial charge is 0.468 e. The van der Waals surface area contributed by atoms with Crippen molar-refractivity contribution in [1.82, 2.24) is 15.5 Å². The Bertz CT molecular complexity index is 499. The fourth-order valence-electron chi connectivity index (χ4n) is 3.24. The minimum absolute atomic E-state index is 0.0238. The van der Waals surface area contributed by atoms with Crippen LogP contribution in [-0.2, 0) is 9.59 Å². The van der Waals surface area contributed by atoms with Crippen molar-refractivity contribution >= 4 is 11.8 Å². The summed E-state index contributed by atoms with van der Waals surface area (Å²) in [6.45, 7) is 3.08. The Morgan fingerprint density at radius 3 is 2.91 bits per heavy atom. The Hall–Kier alpha value is -1.82. The first-order chi connectivity index (χ1) is 10.7. The van der Waals surface area contributed by atoms with E-state index < -0.39 is 0 Å². The molecular formula is C16H23N3O3. The maximum absolute atomic E-state index is 12.3. The normalized spacial score (nSPS) is 24.0. The third kappa shape index (κ3) is 3.50. The molecule has 1 aromatic rings. The smallest absolute Gasteiger partial charge is 0.224 e. The zero-order chi connectivity index (χ0) is 15.4. The molecule has 2 atom stereocenters. The van der Waals surface area contributed by atoms with E-state index in [4.69, 9.17) is 4.42 Å². The molecule has 0 aliphatic carbocycles. The van der Waals surface area contributed by atoms with E-state index in [1.165, 1.54) is 12.8 Å². The molecular weight excluding hydrogens is 282 g/mol. The molecule has 0 radical (unpaired) electrons. The van der Waals surface area contributed by atoms with Gasteiger partial charge in [0.05, 0.1) is 18.2 Å². The molecule has 3 heterocycles. The number of carbonyl (C=O) groups excluding carboxylic acids is 2.